The van der Waals surface area contributed by atoms with E-state index in [1.54, 1.807) is 0 Å². The summed E-state index contributed by atoms with van der Waals surface area (Å²) in [6, 6.07) is 5.27. The van der Waals surface area contributed by atoms with Gasteiger partial charge in [-0.05, 0) is 19.1 Å². The average Bonchev–Trinajstić information content (AvgIpc) is 2.62. The van der Waals surface area contributed by atoms with Gasteiger partial charge in [-0.2, -0.15) is 5.26 Å². The molecule has 1 N–H and O–H groups in total. The van der Waals surface area contributed by atoms with Crippen LogP contribution in [0.3, 0.4) is 0 Å². The van der Waals surface area contributed by atoms with Gasteiger partial charge in [0.2, 0.25) is 0 Å². The number of hydrogen-bond acceptors (Lipinski definition) is 3. The van der Waals surface area contributed by atoms with E-state index >= 15 is 0 Å². The maximum absolute atomic E-state index is 10.8. The van der Waals surface area contributed by atoms with Crippen molar-refractivity contribution in [3.8, 4) is 6.07 Å². The number of nitrogens with zero attached hydrogens (tertiary/aromatic N) is 1. The van der Waals surface area contributed by atoms with Gasteiger partial charge in [0.1, 0.15) is 11.5 Å². The highest BCUT2D eigenvalue weighted by molar-refractivity contribution is 5.91. The SMILES string of the molecule is Cc1ccc(C(C)(C)CNC(=O)C#N)o1. The predicted octanol–water partition coefficient (Wildman–Crippen LogP) is 1.51. The Kier molecular flexibility index (Phi) is 3.15. The summed E-state index contributed by atoms with van der Waals surface area (Å²) in [5.74, 6) is 1.02. The van der Waals surface area contributed by atoms with E-state index in [0.717, 1.165) is 11.5 Å². The fourth-order valence-electron chi connectivity index (χ4n) is 1.23. The monoisotopic (exact) mass is 206 g/mol. The number of rotatable bonds is 3. The van der Waals surface area contributed by atoms with Crippen LogP contribution in [0.5, 0.6) is 0 Å². The largest absolute Gasteiger partial charge is 0.466 e. The number of furan rings is 1. The Labute approximate surface area is 88.9 Å². The molecule has 0 atom stereocenters. The molecule has 4 nitrogen and oxygen atoms in total. The van der Waals surface area contributed by atoms with Crippen LogP contribution in [0.15, 0.2) is 16.5 Å². The molecular formula is C11H14N2O2. The Morgan fingerprint density at radius 1 is 1.60 bits per heavy atom. The molecule has 0 fully saturated rings. The van der Waals surface area contributed by atoms with Crippen LogP contribution in [0.1, 0.15) is 25.4 Å². The van der Waals surface area contributed by atoms with Gasteiger partial charge in [0.05, 0.1) is 0 Å². The average molecular weight is 206 g/mol. The van der Waals surface area contributed by atoms with Gasteiger partial charge in [-0.3, -0.25) is 4.79 Å². The Morgan fingerprint density at radius 3 is 2.73 bits per heavy atom. The smallest absolute Gasteiger partial charge is 0.322 e. The van der Waals surface area contributed by atoms with E-state index in [-0.39, 0.29) is 5.41 Å². The van der Waals surface area contributed by atoms with Gasteiger partial charge in [-0.25, -0.2) is 0 Å². The van der Waals surface area contributed by atoms with Crippen molar-refractivity contribution < 1.29 is 9.21 Å². The topological polar surface area (TPSA) is 66.0 Å². The van der Waals surface area contributed by atoms with E-state index in [2.05, 4.69) is 5.32 Å². The van der Waals surface area contributed by atoms with E-state index in [9.17, 15) is 4.79 Å². The maximum Gasteiger partial charge on any atom is 0.322 e. The van der Waals surface area contributed by atoms with E-state index < -0.39 is 5.91 Å². The van der Waals surface area contributed by atoms with Gasteiger partial charge >= 0.3 is 5.91 Å². The molecule has 0 bridgehead atoms. The summed E-state index contributed by atoms with van der Waals surface area (Å²) in [5.41, 5.74) is -0.305. The standard InChI is InChI=1S/C11H14N2O2/c1-8-4-5-9(15-8)11(2,3)7-13-10(14)6-12/h4-5H,7H2,1-3H3,(H,13,14). The molecule has 15 heavy (non-hydrogen) atoms. The van der Waals surface area contributed by atoms with E-state index in [1.165, 1.54) is 6.07 Å². The van der Waals surface area contributed by atoms with Crippen LogP contribution in [-0.4, -0.2) is 12.5 Å². The number of aryl methyl sites for hydroxylation is 1. The number of carbonyl (C=O) groups excluding carboxylic acids is 1. The molecule has 0 aliphatic heterocycles. The summed E-state index contributed by atoms with van der Waals surface area (Å²) >= 11 is 0. The Morgan fingerprint density at radius 2 is 2.27 bits per heavy atom. The number of amides is 1. The first kappa shape index (κ1) is 11.3. The van der Waals surface area contributed by atoms with Crippen LogP contribution in [0.25, 0.3) is 0 Å². The third kappa shape index (κ3) is 2.84. The van der Waals surface area contributed by atoms with Gasteiger partial charge in [0.25, 0.3) is 0 Å². The molecule has 0 aliphatic carbocycles. The minimum atomic E-state index is -0.619. The van der Waals surface area contributed by atoms with E-state index in [0.29, 0.717) is 6.54 Å². The van der Waals surface area contributed by atoms with Crippen molar-refractivity contribution >= 4 is 5.91 Å². The van der Waals surface area contributed by atoms with Gasteiger partial charge in [-0.15, -0.1) is 0 Å². The molecule has 1 aromatic rings. The van der Waals surface area contributed by atoms with E-state index in [1.807, 2.05) is 32.9 Å². The van der Waals surface area contributed by atoms with Crippen LogP contribution in [0.2, 0.25) is 0 Å². The maximum atomic E-state index is 10.8. The first-order valence-corrected chi connectivity index (χ1v) is 4.70. The summed E-state index contributed by atoms with van der Waals surface area (Å²) in [6.45, 7) is 6.14. The Balaban J connectivity index is 2.68. The zero-order valence-electron chi connectivity index (χ0n) is 9.13. The van der Waals surface area contributed by atoms with Gasteiger partial charge in [-0.1, -0.05) is 13.8 Å². The highest BCUT2D eigenvalue weighted by atomic mass is 16.3. The third-order valence-corrected chi connectivity index (χ3v) is 2.20. The minimum absolute atomic E-state index is 0.305. The molecule has 0 spiro atoms. The summed E-state index contributed by atoms with van der Waals surface area (Å²) in [7, 11) is 0. The van der Waals surface area contributed by atoms with Crippen molar-refractivity contribution in [1.29, 1.82) is 5.26 Å². The molecule has 80 valence electrons. The molecule has 0 aliphatic rings. The number of nitrogens with one attached hydrogen (secondary N) is 1. The zero-order valence-corrected chi connectivity index (χ0v) is 9.13. The highest BCUT2D eigenvalue weighted by Gasteiger charge is 2.24. The third-order valence-electron chi connectivity index (χ3n) is 2.20. The normalized spacial score (nSPS) is 10.8. The van der Waals surface area contributed by atoms with Crippen molar-refractivity contribution in [2.45, 2.75) is 26.2 Å². The molecule has 0 radical (unpaired) electrons. The summed E-state index contributed by atoms with van der Waals surface area (Å²) in [6.07, 6.45) is 0. The van der Waals surface area contributed by atoms with E-state index in [4.69, 9.17) is 9.68 Å². The second kappa shape index (κ2) is 4.18. The van der Waals surface area contributed by atoms with Crippen molar-refractivity contribution in [3.63, 3.8) is 0 Å². The number of carbonyl (C=O) groups is 1. The summed E-state index contributed by atoms with van der Waals surface area (Å²) in [5, 5.41) is 10.8. The lowest BCUT2D eigenvalue weighted by molar-refractivity contribution is -0.116. The molecule has 4 heteroatoms. The van der Waals surface area contributed by atoms with Crippen LogP contribution in [0.4, 0.5) is 0 Å². The lowest BCUT2D eigenvalue weighted by atomic mass is 9.90. The zero-order chi connectivity index (χ0) is 11.5. The summed E-state index contributed by atoms with van der Waals surface area (Å²) in [4.78, 5) is 10.8. The van der Waals surface area contributed by atoms with Gasteiger partial charge < -0.3 is 9.73 Å². The molecule has 1 heterocycles. The fourth-order valence-corrected chi connectivity index (χ4v) is 1.23. The first-order valence-electron chi connectivity index (χ1n) is 4.70. The molecule has 0 unspecified atom stereocenters. The molecule has 0 aromatic carbocycles. The molecule has 0 saturated carbocycles. The first-order chi connectivity index (χ1) is 6.95. The minimum Gasteiger partial charge on any atom is -0.466 e. The van der Waals surface area contributed by atoms with Crippen molar-refractivity contribution in [2.75, 3.05) is 6.54 Å². The van der Waals surface area contributed by atoms with Crippen LogP contribution < -0.4 is 5.32 Å². The molecule has 1 rings (SSSR count). The van der Waals surface area contributed by atoms with Crippen LogP contribution >= 0.6 is 0 Å². The number of nitriles is 1. The Bertz CT molecular complexity index is 399. The quantitative estimate of drug-likeness (QED) is 0.762. The fraction of sp³-hybridized carbons (Fsp3) is 0.455. The van der Waals surface area contributed by atoms with Crippen LogP contribution in [0, 0.1) is 18.3 Å². The lowest BCUT2D eigenvalue weighted by Gasteiger charge is -2.21. The van der Waals surface area contributed by atoms with Gasteiger partial charge in [0.15, 0.2) is 6.07 Å². The second-order valence-corrected chi connectivity index (χ2v) is 4.09. The summed E-state index contributed by atoms with van der Waals surface area (Å²) < 4.78 is 5.48. The second-order valence-electron chi connectivity index (χ2n) is 4.09. The highest BCUT2D eigenvalue weighted by Crippen LogP contribution is 2.24. The van der Waals surface area contributed by atoms with Crippen molar-refractivity contribution in [3.05, 3.63) is 23.7 Å². The van der Waals surface area contributed by atoms with Crippen molar-refractivity contribution in [2.24, 2.45) is 0 Å². The van der Waals surface area contributed by atoms with Gasteiger partial charge in [0, 0.05) is 12.0 Å². The molecule has 0 saturated heterocycles. The Hall–Kier alpha value is -1.76. The lowest BCUT2D eigenvalue weighted by Crippen LogP contribution is -2.35. The number of hydrogen-bond donors (Lipinski definition) is 1. The van der Waals surface area contributed by atoms with Crippen molar-refractivity contribution in [1.82, 2.24) is 5.32 Å². The molecular weight excluding hydrogens is 192 g/mol. The predicted molar refractivity (Wildman–Crippen MR) is 55.1 cm³/mol. The molecule has 1 aromatic heterocycles. The van der Waals surface area contributed by atoms with Crippen LogP contribution in [-0.2, 0) is 10.2 Å². The molecule has 1 amide bonds.